The zero-order valence-electron chi connectivity index (χ0n) is 14.1. The van der Waals surface area contributed by atoms with Gasteiger partial charge in [-0.2, -0.15) is 0 Å². The maximum Gasteiger partial charge on any atom is 0.134 e. The molecule has 2 aliphatic rings. The molecule has 126 valence electrons. The highest BCUT2D eigenvalue weighted by Crippen LogP contribution is 2.20. The van der Waals surface area contributed by atoms with E-state index in [4.69, 9.17) is 0 Å². The van der Waals surface area contributed by atoms with Crippen molar-refractivity contribution in [3.63, 3.8) is 0 Å². The Kier molecular flexibility index (Phi) is 4.60. The van der Waals surface area contributed by atoms with E-state index >= 15 is 0 Å². The lowest BCUT2D eigenvalue weighted by atomic mass is 10.00. The van der Waals surface area contributed by atoms with E-state index in [1.807, 2.05) is 0 Å². The molecule has 0 unspecified atom stereocenters. The fraction of sp³-hybridized carbons (Fsp3) is 0.474. The van der Waals surface area contributed by atoms with Gasteiger partial charge in [0.2, 0.25) is 0 Å². The predicted molar refractivity (Wildman–Crippen MR) is 97.4 cm³/mol. The first-order valence-corrected chi connectivity index (χ1v) is 8.98. The normalized spacial score (nSPS) is 17.8. The van der Waals surface area contributed by atoms with Crippen LogP contribution in [0.1, 0.15) is 24.0 Å². The molecule has 2 aliphatic heterocycles. The second kappa shape index (κ2) is 7.18. The second-order valence-electron chi connectivity index (χ2n) is 6.68. The van der Waals surface area contributed by atoms with E-state index in [1.54, 1.807) is 6.33 Å². The molecule has 1 N–H and O–H groups in total. The van der Waals surface area contributed by atoms with E-state index in [1.165, 1.54) is 24.0 Å². The van der Waals surface area contributed by atoms with Crippen LogP contribution in [-0.2, 0) is 13.0 Å². The molecule has 5 heteroatoms. The maximum atomic E-state index is 4.41. The molecule has 0 aliphatic carbocycles. The van der Waals surface area contributed by atoms with E-state index in [9.17, 15) is 0 Å². The summed E-state index contributed by atoms with van der Waals surface area (Å²) in [6.45, 7) is 6.38. The molecule has 3 heterocycles. The van der Waals surface area contributed by atoms with Gasteiger partial charge in [-0.05, 0) is 30.4 Å². The number of hydrogen-bond acceptors (Lipinski definition) is 5. The van der Waals surface area contributed by atoms with E-state index in [-0.39, 0.29) is 0 Å². The molecular formula is C19H25N5. The first-order valence-electron chi connectivity index (χ1n) is 8.98. The predicted octanol–water partition coefficient (Wildman–Crippen LogP) is 2.55. The summed E-state index contributed by atoms with van der Waals surface area (Å²) in [4.78, 5) is 13.6. The summed E-state index contributed by atoms with van der Waals surface area (Å²) in [6.07, 6.45) is 5.36. The van der Waals surface area contributed by atoms with Gasteiger partial charge in [0, 0.05) is 45.3 Å². The van der Waals surface area contributed by atoms with Crippen molar-refractivity contribution in [1.29, 1.82) is 0 Å². The average Bonchev–Trinajstić information content (AvgIpc) is 3.17. The summed E-state index contributed by atoms with van der Waals surface area (Å²) >= 11 is 0. The minimum atomic E-state index is 0.915. The molecule has 0 atom stereocenters. The molecule has 0 bridgehead atoms. The van der Waals surface area contributed by atoms with Gasteiger partial charge in [0.1, 0.15) is 18.0 Å². The number of hydrogen-bond donors (Lipinski definition) is 1. The Balaban J connectivity index is 1.29. The average molecular weight is 323 g/mol. The molecule has 0 saturated carbocycles. The summed E-state index contributed by atoms with van der Waals surface area (Å²) < 4.78 is 0. The van der Waals surface area contributed by atoms with Crippen molar-refractivity contribution in [3.8, 4) is 0 Å². The topological polar surface area (TPSA) is 44.3 Å². The van der Waals surface area contributed by atoms with Crippen LogP contribution >= 0.6 is 0 Å². The standard InChI is InChI=1S/C19H25N5/c1-2-6-17-14-23(11-7-16(17)5-1)12-8-20-18-13-19(22-15-21-18)24-9-3-4-10-24/h1-2,5-6,13,15H,3-4,7-12,14H2,(H,20,21,22). The molecule has 0 spiro atoms. The molecule has 1 fully saturated rings. The van der Waals surface area contributed by atoms with Crippen molar-refractivity contribution in [1.82, 2.24) is 14.9 Å². The summed E-state index contributed by atoms with van der Waals surface area (Å²) in [6, 6.07) is 10.9. The summed E-state index contributed by atoms with van der Waals surface area (Å²) in [5.74, 6) is 1.99. The number of rotatable bonds is 5. The Morgan fingerprint density at radius 1 is 1.00 bits per heavy atom. The lowest BCUT2D eigenvalue weighted by Gasteiger charge is -2.28. The summed E-state index contributed by atoms with van der Waals surface area (Å²) in [7, 11) is 0. The largest absolute Gasteiger partial charge is 0.369 e. The Morgan fingerprint density at radius 3 is 2.71 bits per heavy atom. The van der Waals surface area contributed by atoms with Crippen LogP contribution in [-0.4, -0.2) is 47.6 Å². The van der Waals surface area contributed by atoms with Crippen molar-refractivity contribution < 1.29 is 0 Å². The Hall–Kier alpha value is -2.14. The van der Waals surface area contributed by atoms with Crippen LogP contribution in [0, 0.1) is 0 Å². The van der Waals surface area contributed by atoms with Gasteiger partial charge in [-0.15, -0.1) is 0 Å². The second-order valence-corrected chi connectivity index (χ2v) is 6.68. The van der Waals surface area contributed by atoms with Crippen molar-refractivity contribution in [2.45, 2.75) is 25.8 Å². The van der Waals surface area contributed by atoms with E-state index in [0.717, 1.165) is 57.3 Å². The Morgan fingerprint density at radius 2 is 1.83 bits per heavy atom. The Bertz CT molecular complexity index is 681. The zero-order valence-corrected chi connectivity index (χ0v) is 14.1. The number of nitrogens with zero attached hydrogens (tertiary/aromatic N) is 4. The third kappa shape index (κ3) is 3.51. The highest BCUT2D eigenvalue weighted by molar-refractivity contribution is 5.48. The molecule has 0 radical (unpaired) electrons. The quantitative estimate of drug-likeness (QED) is 0.916. The number of anilines is 2. The first-order chi connectivity index (χ1) is 11.9. The first kappa shape index (κ1) is 15.4. The molecule has 4 rings (SSSR count). The monoisotopic (exact) mass is 323 g/mol. The fourth-order valence-corrected chi connectivity index (χ4v) is 3.65. The molecule has 5 nitrogen and oxygen atoms in total. The van der Waals surface area contributed by atoms with E-state index in [2.05, 4.69) is 55.4 Å². The lowest BCUT2D eigenvalue weighted by Crippen LogP contribution is -2.34. The number of nitrogens with one attached hydrogen (secondary N) is 1. The number of aromatic nitrogens is 2. The Labute approximate surface area is 143 Å². The van der Waals surface area contributed by atoms with Gasteiger partial charge < -0.3 is 10.2 Å². The van der Waals surface area contributed by atoms with Gasteiger partial charge in [-0.1, -0.05) is 24.3 Å². The van der Waals surface area contributed by atoms with Crippen LogP contribution in [0.25, 0.3) is 0 Å². The SMILES string of the molecule is c1ccc2c(c1)CCN(CCNc1cc(N3CCCC3)ncn1)C2. The van der Waals surface area contributed by atoms with Crippen molar-refractivity contribution in [3.05, 3.63) is 47.8 Å². The van der Waals surface area contributed by atoms with Crippen LogP contribution in [0.3, 0.4) is 0 Å². The van der Waals surface area contributed by atoms with Gasteiger partial charge in [0.25, 0.3) is 0 Å². The van der Waals surface area contributed by atoms with Crippen LogP contribution in [0.2, 0.25) is 0 Å². The van der Waals surface area contributed by atoms with Gasteiger partial charge >= 0.3 is 0 Å². The lowest BCUT2D eigenvalue weighted by molar-refractivity contribution is 0.264. The van der Waals surface area contributed by atoms with E-state index in [0.29, 0.717) is 0 Å². The number of benzene rings is 1. The molecule has 1 saturated heterocycles. The summed E-state index contributed by atoms with van der Waals surface area (Å²) in [5, 5.41) is 3.46. The van der Waals surface area contributed by atoms with Gasteiger partial charge in [-0.3, -0.25) is 4.90 Å². The molecule has 1 aromatic carbocycles. The number of fused-ring (bicyclic) bond motifs is 1. The van der Waals surface area contributed by atoms with Crippen LogP contribution in [0.15, 0.2) is 36.7 Å². The molecule has 1 aromatic heterocycles. The molecule has 2 aromatic rings. The van der Waals surface area contributed by atoms with Crippen molar-refractivity contribution >= 4 is 11.6 Å². The highest BCUT2D eigenvalue weighted by Gasteiger charge is 2.16. The van der Waals surface area contributed by atoms with Gasteiger partial charge in [-0.25, -0.2) is 9.97 Å². The smallest absolute Gasteiger partial charge is 0.134 e. The maximum absolute atomic E-state index is 4.41. The van der Waals surface area contributed by atoms with Gasteiger partial charge in [0.05, 0.1) is 0 Å². The molecule has 24 heavy (non-hydrogen) atoms. The van der Waals surface area contributed by atoms with Crippen molar-refractivity contribution in [2.75, 3.05) is 42.9 Å². The van der Waals surface area contributed by atoms with Crippen molar-refractivity contribution in [2.24, 2.45) is 0 Å². The van der Waals surface area contributed by atoms with Crippen LogP contribution in [0.4, 0.5) is 11.6 Å². The van der Waals surface area contributed by atoms with Gasteiger partial charge in [0.15, 0.2) is 0 Å². The van der Waals surface area contributed by atoms with Crippen LogP contribution < -0.4 is 10.2 Å². The minimum absolute atomic E-state index is 0.915. The van der Waals surface area contributed by atoms with E-state index < -0.39 is 0 Å². The molecular weight excluding hydrogens is 298 g/mol. The van der Waals surface area contributed by atoms with Crippen LogP contribution in [0.5, 0.6) is 0 Å². The fourth-order valence-electron chi connectivity index (χ4n) is 3.65. The molecule has 0 amide bonds. The zero-order chi connectivity index (χ0) is 16.2. The third-order valence-electron chi connectivity index (χ3n) is 5.03. The summed E-state index contributed by atoms with van der Waals surface area (Å²) in [5.41, 5.74) is 2.98. The highest BCUT2D eigenvalue weighted by atomic mass is 15.2. The minimum Gasteiger partial charge on any atom is -0.369 e. The third-order valence-corrected chi connectivity index (χ3v) is 5.03.